The molecule has 0 spiro atoms. The summed E-state index contributed by atoms with van der Waals surface area (Å²) in [5.41, 5.74) is 3.47. The largest absolute Gasteiger partial charge is 0.355 e. The topological polar surface area (TPSA) is 37.8 Å². The maximum absolute atomic E-state index is 4.66. The van der Waals surface area contributed by atoms with E-state index in [1.165, 1.54) is 15.8 Å². The number of hydrogen-bond acceptors (Lipinski definition) is 4. The SMILES string of the molecule is Cc1cccc2sc(NC(C)c3cccnc3)nc12. The molecular weight excluding hydrogens is 254 g/mol. The lowest BCUT2D eigenvalue weighted by atomic mass is 10.1. The Kier molecular flexibility index (Phi) is 3.17. The molecule has 1 unspecified atom stereocenters. The minimum absolute atomic E-state index is 0.203. The summed E-state index contributed by atoms with van der Waals surface area (Å²) in [6.45, 7) is 4.21. The predicted molar refractivity (Wildman–Crippen MR) is 80.6 cm³/mol. The molecule has 0 fully saturated rings. The number of nitrogens with one attached hydrogen (secondary N) is 1. The Balaban J connectivity index is 1.88. The van der Waals surface area contributed by atoms with Crippen LogP contribution in [0.4, 0.5) is 5.13 Å². The minimum Gasteiger partial charge on any atom is -0.355 e. The summed E-state index contributed by atoms with van der Waals surface area (Å²) in [5.74, 6) is 0. The van der Waals surface area contributed by atoms with Crippen molar-refractivity contribution in [1.29, 1.82) is 0 Å². The molecule has 1 aromatic carbocycles. The summed E-state index contributed by atoms with van der Waals surface area (Å²) in [4.78, 5) is 8.81. The standard InChI is InChI=1S/C15H15N3S/c1-10-5-3-7-13-14(10)18-15(19-13)17-11(2)12-6-4-8-16-9-12/h3-9,11H,1-2H3,(H,17,18). The molecule has 0 bridgehead atoms. The van der Waals surface area contributed by atoms with Gasteiger partial charge in [0.15, 0.2) is 5.13 Å². The molecule has 0 saturated carbocycles. The molecule has 2 heterocycles. The lowest BCUT2D eigenvalue weighted by Crippen LogP contribution is -2.06. The number of benzene rings is 1. The summed E-state index contributed by atoms with van der Waals surface area (Å²) in [5, 5.41) is 4.40. The molecule has 2 aromatic heterocycles. The van der Waals surface area contributed by atoms with E-state index in [0.29, 0.717) is 0 Å². The van der Waals surface area contributed by atoms with E-state index >= 15 is 0 Å². The molecule has 0 aliphatic carbocycles. The minimum atomic E-state index is 0.203. The van der Waals surface area contributed by atoms with Crippen LogP contribution in [0.2, 0.25) is 0 Å². The van der Waals surface area contributed by atoms with Crippen LogP contribution >= 0.6 is 11.3 Å². The van der Waals surface area contributed by atoms with E-state index in [2.05, 4.69) is 53.4 Å². The number of hydrogen-bond donors (Lipinski definition) is 1. The highest BCUT2D eigenvalue weighted by Gasteiger charge is 2.09. The third-order valence-electron chi connectivity index (χ3n) is 3.15. The van der Waals surface area contributed by atoms with Crippen LogP contribution in [0.3, 0.4) is 0 Å². The van der Waals surface area contributed by atoms with Gasteiger partial charge < -0.3 is 5.32 Å². The van der Waals surface area contributed by atoms with E-state index in [9.17, 15) is 0 Å². The highest BCUT2D eigenvalue weighted by atomic mass is 32.1. The number of aromatic nitrogens is 2. The molecule has 1 N–H and O–H groups in total. The number of thiazole rings is 1. The zero-order valence-electron chi connectivity index (χ0n) is 10.9. The Morgan fingerprint density at radius 2 is 2.11 bits per heavy atom. The van der Waals surface area contributed by atoms with Crippen molar-refractivity contribution in [3.8, 4) is 0 Å². The van der Waals surface area contributed by atoms with Crippen molar-refractivity contribution in [2.45, 2.75) is 19.9 Å². The highest BCUT2D eigenvalue weighted by molar-refractivity contribution is 7.22. The molecule has 0 aliphatic rings. The first-order chi connectivity index (χ1) is 9.24. The molecule has 0 saturated heterocycles. The van der Waals surface area contributed by atoms with Gasteiger partial charge in [-0.1, -0.05) is 29.5 Å². The van der Waals surface area contributed by atoms with E-state index in [0.717, 1.165) is 10.6 Å². The van der Waals surface area contributed by atoms with E-state index in [1.54, 1.807) is 17.5 Å². The number of para-hydroxylation sites is 1. The Morgan fingerprint density at radius 3 is 2.84 bits per heavy atom. The van der Waals surface area contributed by atoms with Gasteiger partial charge in [0.05, 0.1) is 16.3 Å². The number of pyridine rings is 1. The van der Waals surface area contributed by atoms with Gasteiger partial charge in [0, 0.05) is 12.4 Å². The van der Waals surface area contributed by atoms with E-state index < -0.39 is 0 Å². The van der Waals surface area contributed by atoms with Gasteiger partial charge in [0.25, 0.3) is 0 Å². The quantitative estimate of drug-likeness (QED) is 0.775. The van der Waals surface area contributed by atoms with Gasteiger partial charge in [0.1, 0.15) is 0 Å². The molecule has 4 heteroatoms. The van der Waals surface area contributed by atoms with Crippen LogP contribution in [-0.2, 0) is 0 Å². The summed E-state index contributed by atoms with van der Waals surface area (Å²) >= 11 is 1.69. The third-order valence-corrected chi connectivity index (χ3v) is 4.10. The maximum atomic E-state index is 4.66. The zero-order valence-corrected chi connectivity index (χ0v) is 11.7. The van der Waals surface area contributed by atoms with Crippen LogP contribution in [0, 0.1) is 6.92 Å². The van der Waals surface area contributed by atoms with Gasteiger partial charge in [-0.15, -0.1) is 0 Å². The molecule has 1 atom stereocenters. The lowest BCUT2D eigenvalue weighted by Gasteiger charge is -2.12. The summed E-state index contributed by atoms with van der Waals surface area (Å²) < 4.78 is 1.22. The van der Waals surface area contributed by atoms with Gasteiger partial charge in [-0.05, 0) is 37.1 Å². The Morgan fingerprint density at radius 1 is 1.21 bits per heavy atom. The summed E-state index contributed by atoms with van der Waals surface area (Å²) in [6.07, 6.45) is 3.67. The average Bonchev–Trinajstić information content (AvgIpc) is 2.84. The van der Waals surface area contributed by atoms with Gasteiger partial charge in [0.2, 0.25) is 0 Å². The molecule has 3 aromatic rings. The molecule has 0 aliphatic heterocycles. The second-order valence-electron chi connectivity index (χ2n) is 4.59. The fourth-order valence-corrected chi connectivity index (χ4v) is 3.08. The van der Waals surface area contributed by atoms with Crippen LogP contribution in [0.25, 0.3) is 10.2 Å². The van der Waals surface area contributed by atoms with Crippen molar-refractivity contribution in [3.05, 3.63) is 53.9 Å². The fourth-order valence-electron chi connectivity index (χ4n) is 2.05. The van der Waals surface area contributed by atoms with Crippen LogP contribution in [-0.4, -0.2) is 9.97 Å². The first-order valence-corrected chi connectivity index (χ1v) is 7.08. The highest BCUT2D eigenvalue weighted by Crippen LogP contribution is 2.30. The Hall–Kier alpha value is -1.94. The first kappa shape index (κ1) is 12.1. The number of fused-ring (bicyclic) bond motifs is 1. The molecule has 0 radical (unpaired) electrons. The first-order valence-electron chi connectivity index (χ1n) is 6.26. The van der Waals surface area contributed by atoms with Crippen LogP contribution in [0.15, 0.2) is 42.7 Å². The van der Waals surface area contributed by atoms with Crippen molar-refractivity contribution < 1.29 is 0 Å². The third kappa shape index (κ3) is 2.44. The molecule has 3 nitrogen and oxygen atoms in total. The Bertz CT molecular complexity index is 691. The van der Waals surface area contributed by atoms with Crippen LogP contribution < -0.4 is 5.32 Å². The molecule has 96 valence electrons. The normalized spacial score (nSPS) is 12.5. The predicted octanol–water partition coefficient (Wildman–Crippen LogP) is 4.17. The van der Waals surface area contributed by atoms with E-state index in [1.807, 2.05) is 12.3 Å². The van der Waals surface area contributed by atoms with Gasteiger partial charge in [-0.25, -0.2) is 4.98 Å². The molecule has 19 heavy (non-hydrogen) atoms. The number of rotatable bonds is 3. The van der Waals surface area contributed by atoms with Crippen LogP contribution in [0.1, 0.15) is 24.1 Å². The van der Waals surface area contributed by atoms with E-state index in [-0.39, 0.29) is 6.04 Å². The number of nitrogens with zero attached hydrogens (tertiary/aromatic N) is 2. The Labute approximate surface area is 116 Å². The second kappa shape index (κ2) is 4.97. The zero-order chi connectivity index (χ0) is 13.2. The summed E-state index contributed by atoms with van der Waals surface area (Å²) in [7, 11) is 0. The molecule has 3 rings (SSSR count). The lowest BCUT2D eigenvalue weighted by molar-refractivity contribution is 0.874. The van der Waals surface area contributed by atoms with Crippen LogP contribution in [0.5, 0.6) is 0 Å². The smallest absolute Gasteiger partial charge is 0.184 e. The van der Waals surface area contributed by atoms with Crippen molar-refractivity contribution in [3.63, 3.8) is 0 Å². The van der Waals surface area contributed by atoms with Gasteiger partial charge >= 0.3 is 0 Å². The van der Waals surface area contributed by atoms with Crippen molar-refractivity contribution in [1.82, 2.24) is 9.97 Å². The van der Waals surface area contributed by atoms with Crippen molar-refractivity contribution >= 4 is 26.7 Å². The fraction of sp³-hybridized carbons (Fsp3) is 0.200. The van der Waals surface area contributed by atoms with Gasteiger partial charge in [-0.2, -0.15) is 0 Å². The van der Waals surface area contributed by atoms with Crippen molar-refractivity contribution in [2.75, 3.05) is 5.32 Å². The number of anilines is 1. The maximum Gasteiger partial charge on any atom is 0.184 e. The molecular formula is C15H15N3S. The second-order valence-corrected chi connectivity index (χ2v) is 5.62. The monoisotopic (exact) mass is 269 g/mol. The van der Waals surface area contributed by atoms with E-state index in [4.69, 9.17) is 0 Å². The van der Waals surface area contributed by atoms with Gasteiger partial charge in [-0.3, -0.25) is 4.98 Å². The summed E-state index contributed by atoms with van der Waals surface area (Å²) in [6, 6.07) is 10.5. The van der Waals surface area contributed by atoms with Crippen molar-refractivity contribution in [2.24, 2.45) is 0 Å². The number of aryl methyl sites for hydroxylation is 1. The molecule has 0 amide bonds. The average molecular weight is 269 g/mol.